The summed E-state index contributed by atoms with van der Waals surface area (Å²) >= 11 is 0. The molecule has 0 radical (unpaired) electrons. The largest absolute Gasteiger partial charge is 0.354 e. The lowest BCUT2D eigenvalue weighted by Gasteiger charge is -2.31. The van der Waals surface area contributed by atoms with Gasteiger partial charge in [0.15, 0.2) is 6.29 Å². The molecule has 0 aromatic heterocycles. The molecule has 1 unspecified atom stereocenters. The Morgan fingerprint density at radius 2 is 2.00 bits per heavy atom. The summed E-state index contributed by atoms with van der Waals surface area (Å²) in [5.74, 6) is 0. The van der Waals surface area contributed by atoms with Gasteiger partial charge < -0.3 is 9.47 Å². The standard InChI is InChI=1S/C12H17NO4S/c1-10-3-5-11(6-4-10)18(14,15)13-7-8-17-12(9-13)16-2/h3-6,12H,7-9H2,1-2H3. The van der Waals surface area contributed by atoms with Crippen molar-refractivity contribution in [1.29, 1.82) is 0 Å². The van der Waals surface area contributed by atoms with Crippen molar-refractivity contribution >= 4 is 10.0 Å². The summed E-state index contributed by atoms with van der Waals surface area (Å²) in [6, 6.07) is 6.84. The van der Waals surface area contributed by atoms with Crippen molar-refractivity contribution in [2.45, 2.75) is 18.1 Å². The van der Waals surface area contributed by atoms with Crippen molar-refractivity contribution in [3.63, 3.8) is 0 Å². The number of rotatable bonds is 3. The first-order valence-corrected chi connectivity index (χ1v) is 7.19. The lowest BCUT2D eigenvalue weighted by molar-refractivity contribution is -0.151. The molecule has 0 amide bonds. The molecule has 6 heteroatoms. The van der Waals surface area contributed by atoms with Crippen LogP contribution in [0.4, 0.5) is 0 Å². The van der Waals surface area contributed by atoms with Crippen LogP contribution in [0.5, 0.6) is 0 Å². The molecule has 1 heterocycles. The SMILES string of the molecule is COC1CN(S(=O)(=O)c2ccc(C)cc2)CCO1. The molecule has 1 aliphatic rings. The Morgan fingerprint density at radius 1 is 1.33 bits per heavy atom. The minimum absolute atomic E-state index is 0.229. The molecule has 5 nitrogen and oxygen atoms in total. The number of benzene rings is 1. The van der Waals surface area contributed by atoms with Crippen LogP contribution in [-0.4, -0.2) is 45.8 Å². The highest BCUT2D eigenvalue weighted by atomic mass is 32.2. The van der Waals surface area contributed by atoms with Gasteiger partial charge >= 0.3 is 0 Å². The van der Waals surface area contributed by atoms with Gasteiger partial charge in [-0.15, -0.1) is 0 Å². The molecule has 0 aliphatic carbocycles. The van der Waals surface area contributed by atoms with Crippen molar-refractivity contribution < 1.29 is 17.9 Å². The number of nitrogens with zero attached hydrogens (tertiary/aromatic N) is 1. The first kappa shape index (κ1) is 13.5. The van der Waals surface area contributed by atoms with E-state index < -0.39 is 16.3 Å². The summed E-state index contributed by atoms with van der Waals surface area (Å²) in [5.41, 5.74) is 1.03. The normalized spacial score (nSPS) is 22.0. The van der Waals surface area contributed by atoms with Gasteiger partial charge in [0.05, 0.1) is 18.0 Å². The molecule has 1 atom stereocenters. The van der Waals surface area contributed by atoms with E-state index in [1.165, 1.54) is 11.4 Å². The van der Waals surface area contributed by atoms with Crippen molar-refractivity contribution in [2.75, 3.05) is 26.8 Å². The van der Waals surface area contributed by atoms with Crippen molar-refractivity contribution in [3.8, 4) is 0 Å². The number of ether oxygens (including phenoxy) is 2. The van der Waals surface area contributed by atoms with Crippen LogP contribution >= 0.6 is 0 Å². The van der Waals surface area contributed by atoms with Crippen molar-refractivity contribution in [1.82, 2.24) is 4.31 Å². The van der Waals surface area contributed by atoms with E-state index in [2.05, 4.69) is 0 Å². The van der Waals surface area contributed by atoms with Gasteiger partial charge in [-0.05, 0) is 19.1 Å². The van der Waals surface area contributed by atoms with Crippen LogP contribution in [0.25, 0.3) is 0 Å². The summed E-state index contributed by atoms with van der Waals surface area (Å²) in [4.78, 5) is 0.310. The van der Waals surface area contributed by atoms with E-state index in [1.54, 1.807) is 24.3 Å². The number of aryl methyl sites for hydroxylation is 1. The predicted molar refractivity (Wildman–Crippen MR) is 66.7 cm³/mol. The third-order valence-electron chi connectivity index (χ3n) is 2.92. The molecule has 18 heavy (non-hydrogen) atoms. The van der Waals surface area contributed by atoms with Gasteiger partial charge in [-0.1, -0.05) is 17.7 Å². The molecule has 1 fully saturated rings. The Morgan fingerprint density at radius 3 is 2.61 bits per heavy atom. The third kappa shape index (κ3) is 2.72. The molecule has 100 valence electrons. The van der Waals surface area contributed by atoms with Crippen LogP contribution in [0.2, 0.25) is 0 Å². The fourth-order valence-electron chi connectivity index (χ4n) is 1.82. The second kappa shape index (κ2) is 5.36. The third-order valence-corrected chi connectivity index (χ3v) is 4.80. The van der Waals surface area contributed by atoms with Crippen LogP contribution in [0, 0.1) is 6.92 Å². The van der Waals surface area contributed by atoms with Crippen molar-refractivity contribution in [2.24, 2.45) is 0 Å². The van der Waals surface area contributed by atoms with Gasteiger partial charge in [0.2, 0.25) is 10.0 Å². The smallest absolute Gasteiger partial charge is 0.243 e. The molecule has 1 saturated heterocycles. The number of methoxy groups -OCH3 is 1. The Bertz CT molecular complexity index is 497. The van der Waals surface area contributed by atoms with Crippen LogP contribution in [-0.2, 0) is 19.5 Å². The Balaban J connectivity index is 2.22. The molecule has 2 rings (SSSR count). The van der Waals surface area contributed by atoms with Crippen LogP contribution in [0.3, 0.4) is 0 Å². The van der Waals surface area contributed by atoms with Crippen molar-refractivity contribution in [3.05, 3.63) is 29.8 Å². The highest BCUT2D eigenvalue weighted by Crippen LogP contribution is 2.19. The molecular formula is C12H17NO4S. The van der Waals surface area contributed by atoms with Gasteiger partial charge in [-0.3, -0.25) is 0 Å². The Hall–Kier alpha value is -0.950. The summed E-state index contributed by atoms with van der Waals surface area (Å²) < 4.78 is 36.5. The summed E-state index contributed by atoms with van der Waals surface area (Å²) in [6.45, 7) is 2.86. The highest BCUT2D eigenvalue weighted by Gasteiger charge is 2.30. The minimum atomic E-state index is -3.45. The van der Waals surface area contributed by atoms with E-state index in [-0.39, 0.29) is 6.54 Å². The average Bonchev–Trinajstić information content (AvgIpc) is 2.39. The number of hydrogen-bond donors (Lipinski definition) is 0. The van der Waals surface area contributed by atoms with Gasteiger partial charge in [0.1, 0.15) is 0 Å². The van der Waals surface area contributed by atoms with Crippen LogP contribution < -0.4 is 0 Å². The zero-order chi connectivity index (χ0) is 13.2. The van der Waals surface area contributed by atoms with Gasteiger partial charge in [0.25, 0.3) is 0 Å². The fraction of sp³-hybridized carbons (Fsp3) is 0.500. The maximum atomic E-state index is 12.4. The first-order valence-electron chi connectivity index (χ1n) is 5.75. The molecule has 0 spiro atoms. The van der Waals surface area contributed by atoms with E-state index in [4.69, 9.17) is 9.47 Å². The summed E-state index contributed by atoms with van der Waals surface area (Å²) in [7, 11) is -1.94. The second-order valence-electron chi connectivity index (χ2n) is 4.21. The molecule has 0 bridgehead atoms. The van der Waals surface area contributed by atoms with Gasteiger partial charge in [-0.25, -0.2) is 8.42 Å². The van der Waals surface area contributed by atoms with E-state index in [0.717, 1.165) is 5.56 Å². The minimum Gasteiger partial charge on any atom is -0.354 e. The fourth-order valence-corrected chi connectivity index (χ4v) is 3.23. The molecule has 0 N–H and O–H groups in total. The molecule has 1 aromatic rings. The van der Waals surface area contributed by atoms with E-state index >= 15 is 0 Å². The maximum Gasteiger partial charge on any atom is 0.243 e. The zero-order valence-electron chi connectivity index (χ0n) is 10.5. The second-order valence-corrected chi connectivity index (χ2v) is 6.15. The van der Waals surface area contributed by atoms with Gasteiger partial charge in [-0.2, -0.15) is 4.31 Å². The van der Waals surface area contributed by atoms with Crippen LogP contribution in [0.15, 0.2) is 29.2 Å². The monoisotopic (exact) mass is 271 g/mol. The molecular weight excluding hydrogens is 254 g/mol. The van der Waals surface area contributed by atoms with E-state index in [0.29, 0.717) is 18.0 Å². The Kier molecular flexibility index (Phi) is 4.01. The summed E-state index contributed by atoms with van der Waals surface area (Å²) in [6.07, 6.45) is -0.487. The van der Waals surface area contributed by atoms with E-state index in [1.807, 2.05) is 6.92 Å². The average molecular weight is 271 g/mol. The lowest BCUT2D eigenvalue weighted by atomic mass is 10.2. The molecule has 1 aromatic carbocycles. The van der Waals surface area contributed by atoms with Crippen LogP contribution in [0.1, 0.15) is 5.56 Å². The molecule has 0 saturated carbocycles. The lowest BCUT2D eigenvalue weighted by Crippen LogP contribution is -2.46. The topological polar surface area (TPSA) is 55.8 Å². The molecule has 1 aliphatic heterocycles. The van der Waals surface area contributed by atoms with Gasteiger partial charge in [0, 0.05) is 13.7 Å². The number of sulfonamides is 1. The quantitative estimate of drug-likeness (QED) is 0.822. The zero-order valence-corrected chi connectivity index (χ0v) is 11.3. The first-order chi connectivity index (χ1) is 8.54. The number of morpholine rings is 1. The van der Waals surface area contributed by atoms with E-state index in [9.17, 15) is 8.42 Å². The maximum absolute atomic E-state index is 12.4. The Labute approximate surface area is 107 Å². The number of hydrogen-bond acceptors (Lipinski definition) is 4. The summed E-state index contributed by atoms with van der Waals surface area (Å²) in [5, 5.41) is 0. The predicted octanol–water partition coefficient (Wildman–Crippen LogP) is 0.988. The highest BCUT2D eigenvalue weighted by molar-refractivity contribution is 7.89.